The lowest BCUT2D eigenvalue weighted by atomic mass is 10.0. The maximum absolute atomic E-state index is 12.9. The molecule has 2 heterocycles. The van der Waals surface area contributed by atoms with Crippen LogP contribution in [0.3, 0.4) is 0 Å². The van der Waals surface area contributed by atoms with Crippen LogP contribution in [0.4, 0.5) is 10.5 Å². The van der Waals surface area contributed by atoms with Crippen molar-refractivity contribution < 1.29 is 4.79 Å². The number of aryl methyl sites for hydroxylation is 3. The molecule has 2 aromatic rings. The highest BCUT2D eigenvalue weighted by molar-refractivity contribution is 5.90. The first-order chi connectivity index (χ1) is 11.5. The highest BCUT2D eigenvalue weighted by Crippen LogP contribution is 2.32. The Morgan fingerprint density at radius 3 is 2.71 bits per heavy atom. The zero-order valence-electron chi connectivity index (χ0n) is 15.1. The van der Waals surface area contributed by atoms with Crippen molar-refractivity contribution in [3.8, 4) is 0 Å². The number of carbonyl (C=O) groups is 1. The maximum atomic E-state index is 12.9. The lowest BCUT2D eigenvalue weighted by Gasteiger charge is -2.37. The monoisotopic (exact) mass is 325 g/mol. The Labute approximate surface area is 144 Å². The van der Waals surface area contributed by atoms with Gasteiger partial charge < -0.3 is 14.8 Å². The van der Waals surface area contributed by atoms with Gasteiger partial charge in [0.05, 0.1) is 6.04 Å². The molecule has 4 heteroatoms. The lowest BCUT2D eigenvalue weighted by Crippen LogP contribution is -2.44. The number of hydrogen-bond acceptors (Lipinski definition) is 1. The maximum Gasteiger partial charge on any atom is 0.322 e. The van der Waals surface area contributed by atoms with E-state index in [9.17, 15) is 4.79 Å². The van der Waals surface area contributed by atoms with Crippen LogP contribution in [0.1, 0.15) is 48.3 Å². The van der Waals surface area contributed by atoms with Gasteiger partial charge in [-0.25, -0.2) is 4.79 Å². The Bertz CT molecular complexity index is 747. The molecule has 0 radical (unpaired) electrons. The second kappa shape index (κ2) is 6.71. The smallest absolute Gasteiger partial charge is 0.322 e. The van der Waals surface area contributed by atoms with Crippen molar-refractivity contribution in [2.75, 3.05) is 11.9 Å². The highest BCUT2D eigenvalue weighted by Gasteiger charge is 2.31. The summed E-state index contributed by atoms with van der Waals surface area (Å²) in [5, 5.41) is 3.12. The number of benzene rings is 1. The van der Waals surface area contributed by atoms with Crippen molar-refractivity contribution in [3.63, 3.8) is 0 Å². The van der Waals surface area contributed by atoms with E-state index in [1.807, 2.05) is 24.8 Å². The van der Waals surface area contributed by atoms with Gasteiger partial charge >= 0.3 is 6.03 Å². The summed E-state index contributed by atoms with van der Waals surface area (Å²) in [6.07, 6.45) is 2.05. The number of anilines is 1. The Balaban J connectivity index is 1.84. The molecule has 2 amide bonds. The normalized spacial score (nSPS) is 16.8. The fourth-order valence-electron chi connectivity index (χ4n) is 3.59. The van der Waals surface area contributed by atoms with E-state index in [-0.39, 0.29) is 12.1 Å². The van der Waals surface area contributed by atoms with Gasteiger partial charge in [0.1, 0.15) is 0 Å². The first-order valence-electron chi connectivity index (χ1n) is 8.82. The topological polar surface area (TPSA) is 37.3 Å². The van der Waals surface area contributed by atoms with Crippen LogP contribution in [0.15, 0.2) is 30.3 Å². The third-order valence-electron chi connectivity index (χ3n) is 4.97. The van der Waals surface area contributed by atoms with E-state index in [4.69, 9.17) is 0 Å². The van der Waals surface area contributed by atoms with Crippen LogP contribution in [0.5, 0.6) is 0 Å². The Morgan fingerprint density at radius 1 is 1.17 bits per heavy atom. The van der Waals surface area contributed by atoms with E-state index in [1.165, 1.54) is 11.4 Å². The fourth-order valence-corrected chi connectivity index (χ4v) is 3.59. The molecule has 1 aliphatic rings. The Kier molecular flexibility index (Phi) is 4.65. The summed E-state index contributed by atoms with van der Waals surface area (Å²) < 4.78 is 2.35. The third-order valence-corrected chi connectivity index (χ3v) is 4.97. The second-order valence-corrected chi connectivity index (χ2v) is 6.80. The summed E-state index contributed by atoms with van der Waals surface area (Å²) in [6, 6.07) is 10.7. The standard InChI is InChI=1S/C20H27N3O/c1-5-6-18-19-10-9-16(4)22(19)11-12-23(18)20(24)21-17-13-14(2)7-8-15(17)3/h7-10,13,18H,5-6,11-12H2,1-4H3,(H,21,24)/t18-/m1/s1. The largest absolute Gasteiger partial charge is 0.345 e. The molecule has 0 saturated carbocycles. The molecule has 1 atom stereocenters. The molecule has 3 rings (SSSR count). The molecule has 0 unspecified atom stereocenters. The number of hydrogen-bond donors (Lipinski definition) is 1. The van der Waals surface area contributed by atoms with Crippen molar-refractivity contribution in [2.45, 2.75) is 53.1 Å². The minimum Gasteiger partial charge on any atom is -0.345 e. The van der Waals surface area contributed by atoms with Crippen molar-refractivity contribution in [3.05, 3.63) is 52.8 Å². The van der Waals surface area contributed by atoms with E-state index < -0.39 is 0 Å². The van der Waals surface area contributed by atoms with Gasteiger partial charge in [-0.3, -0.25) is 0 Å². The van der Waals surface area contributed by atoms with Crippen LogP contribution in [0.25, 0.3) is 0 Å². The number of amides is 2. The van der Waals surface area contributed by atoms with Crippen molar-refractivity contribution in [1.82, 2.24) is 9.47 Å². The molecule has 1 aliphatic heterocycles. The van der Waals surface area contributed by atoms with Gasteiger partial charge in [0.2, 0.25) is 0 Å². The Morgan fingerprint density at radius 2 is 1.96 bits per heavy atom. The van der Waals surface area contributed by atoms with E-state index in [2.05, 4.69) is 48.0 Å². The number of aromatic nitrogens is 1. The molecule has 1 N–H and O–H groups in total. The van der Waals surface area contributed by atoms with Crippen LogP contribution in [-0.4, -0.2) is 22.0 Å². The number of carbonyl (C=O) groups excluding carboxylic acids is 1. The first-order valence-corrected chi connectivity index (χ1v) is 8.82. The van der Waals surface area contributed by atoms with E-state index in [0.29, 0.717) is 0 Å². The third kappa shape index (κ3) is 3.05. The summed E-state index contributed by atoms with van der Waals surface area (Å²) in [7, 11) is 0. The number of rotatable bonds is 3. The first kappa shape index (κ1) is 16.6. The minimum atomic E-state index is 0.00672. The predicted molar refractivity (Wildman–Crippen MR) is 98.5 cm³/mol. The molecular weight excluding hydrogens is 298 g/mol. The number of urea groups is 1. The van der Waals surface area contributed by atoms with Gasteiger partial charge in [-0.1, -0.05) is 25.5 Å². The molecule has 128 valence electrons. The summed E-state index contributed by atoms with van der Waals surface area (Å²) in [4.78, 5) is 14.9. The number of fused-ring (bicyclic) bond motifs is 1. The molecule has 4 nitrogen and oxygen atoms in total. The molecule has 0 spiro atoms. The molecule has 0 fully saturated rings. The van der Waals surface area contributed by atoms with E-state index >= 15 is 0 Å². The van der Waals surface area contributed by atoms with E-state index in [0.717, 1.165) is 42.7 Å². The van der Waals surface area contributed by atoms with Gasteiger partial charge in [0.15, 0.2) is 0 Å². The molecule has 1 aromatic carbocycles. The minimum absolute atomic E-state index is 0.00672. The van der Waals surface area contributed by atoms with Crippen LogP contribution >= 0.6 is 0 Å². The van der Waals surface area contributed by atoms with E-state index in [1.54, 1.807) is 0 Å². The average Bonchev–Trinajstić information content (AvgIpc) is 2.93. The quantitative estimate of drug-likeness (QED) is 0.864. The van der Waals surface area contributed by atoms with Crippen LogP contribution in [0.2, 0.25) is 0 Å². The Hall–Kier alpha value is -2.23. The van der Waals surface area contributed by atoms with Gasteiger partial charge in [0, 0.05) is 30.2 Å². The molecule has 0 bridgehead atoms. The van der Waals surface area contributed by atoms with Gasteiger partial charge in [-0.05, 0) is 56.5 Å². The second-order valence-electron chi connectivity index (χ2n) is 6.80. The van der Waals surface area contributed by atoms with Gasteiger partial charge in [-0.2, -0.15) is 0 Å². The lowest BCUT2D eigenvalue weighted by molar-refractivity contribution is 0.162. The SMILES string of the molecule is CCC[C@@H]1c2ccc(C)n2CCN1C(=O)Nc1cc(C)ccc1C. The highest BCUT2D eigenvalue weighted by atomic mass is 16.2. The fraction of sp³-hybridized carbons (Fsp3) is 0.450. The average molecular weight is 325 g/mol. The van der Waals surface area contributed by atoms with Crippen molar-refractivity contribution >= 4 is 11.7 Å². The molecule has 0 aliphatic carbocycles. The predicted octanol–water partition coefficient (Wildman–Crippen LogP) is 4.80. The van der Waals surface area contributed by atoms with Crippen LogP contribution < -0.4 is 5.32 Å². The zero-order chi connectivity index (χ0) is 17.3. The summed E-state index contributed by atoms with van der Waals surface area (Å²) in [5.74, 6) is 0. The summed E-state index contributed by atoms with van der Waals surface area (Å²) in [6.45, 7) is 10.0. The number of nitrogens with zero attached hydrogens (tertiary/aromatic N) is 2. The number of nitrogens with one attached hydrogen (secondary N) is 1. The summed E-state index contributed by atoms with van der Waals surface area (Å²) >= 11 is 0. The molecule has 24 heavy (non-hydrogen) atoms. The molecular formula is C20H27N3O. The molecule has 1 aromatic heterocycles. The summed E-state index contributed by atoms with van der Waals surface area (Å²) in [5.41, 5.74) is 5.70. The van der Waals surface area contributed by atoms with Crippen LogP contribution in [-0.2, 0) is 6.54 Å². The molecule has 0 saturated heterocycles. The zero-order valence-corrected chi connectivity index (χ0v) is 15.1. The van der Waals surface area contributed by atoms with Crippen LogP contribution in [0, 0.1) is 20.8 Å². The van der Waals surface area contributed by atoms with Gasteiger partial charge in [-0.15, -0.1) is 0 Å². The van der Waals surface area contributed by atoms with Gasteiger partial charge in [0.25, 0.3) is 0 Å². The van der Waals surface area contributed by atoms with Crippen molar-refractivity contribution in [2.24, 2.45) is 0 Å². The van der Waals surface area contributed by atoms with Crippen molar-refractivity contribution in [1.29, 1.82) is 0 Å².